The average molecular weight is 422 g/mol. The lowest BCUT2D eigenvalue weighted by atomic mass is 9.94. The van der Waals surface area contributed by atoms with Gasteiger partial charge in [0.05, 0.1) is 6.42 Å². The number of carboxylic acid groups (broad SMARTS) is 1. The first-order chi connectivity index (χ1) is 14.9. The van der Waals surface area contributed by atoms with E-state index in [0.717, 1.165) is 35.1 Å². The normalized spacial score (nSPS) is 16.5. The summed E-state index contributed by atoms with van der Waals surface area (Å²) in [5, 5.41) is 14.1. The van der Waals surface area contributed by atoms with Crippen molar-refractivity contribution >= 4 is 18.0 Å². The molecule has 2 aromatic carbocycles. The van der Waals surface area contributed by atoms with Crippen molar-refractivity contribution in [3.63, 3.8) is 0 Å². The Hall–Kier alpha value is -3.35. The van der Waals surface area contributed by atoms with Crippen molar-refractivity contribution in [2.24, 2.45) is 5.92 Å². The van der Waals surface area contributed by atoms with Crippen molar-refractivity contribution in [1.82, 2.24) is 10.6 Å². The predicted molar refractivity (Wildman–Crippen MR) is 115 cm³/mol. The molecule has 7 heteroatoms. The number of benzene rings is 2. The van der Waals surface area contributed by atoms with E-state index in [4.69, 9.17) is 9.84 Å². The van der Waals surface area contributed by atoms with Gasteiger partial charge in [-0.2, -0.15) is 0 Å². The number of aliphatic carboxylic acids is 1. The largest absolute Gasteiger partial charge is 0.481 e. The van der Waals surface area contributed by atoms with Crippen LogP contribution < -0.4 is 10.6 Å². The highest BCUT2D eigenvalue weighted by Gasteiger charge is 2.48. The van der Waals surface area contributed by atoms with Gasteiger partial charge in [0.15, 0.2) is 0 Å². The standard InChI is InChI=1S/C24H26N2O5/c1-24(15-10-11-15,22(29)25-13-12-21(27)28)26-23(30)31-14-20-18-8-4-2-6-16(18)17-7-3-5-9-19(17)20/h2-9,15,20H,10-14H2,1H3,(H,25,29)(H,26,30)(H,27,28). The summed E-state index contributed by atoms with van der Waals surface area (Å²) in [6, 6.07) is 16.2. The first-order valence-electron chi connectivity index (χ1n) is 10.5. The molecule has 31 heavy (non-hydrogen) atoms. The summed E-state index contributed by atoms with van der Waals surface area (Å²) >= 11 is 0. The van der Waals surface area contributed by atoms with E-state index in [1.807, 2.05) is 36.4 Å². The van der Waals surface area contributed by atoms with E-state index in [9.17, 15) is 14.4 Å². The average Bonchev–Trinajstić information content (AvgIpc) is 3.56. The number of hydrogen-bond acceptors (Lipinski definition) is 4. The minimum absolute atomic E-state index is 0.0119. The molecule has 2 amide bonds. The Labute approximate surface area is 180 Å². The molecule has 0 bridgehead atoms. The number of carbonyl (C=O) groups excluding carboxylic acids is 2. The molecule has 1 saturated carbocycles. The Morgan fingerprint density at radius 3 is 2.16 bits per heavy atom. The SMILES string of the molecule is CC(NC(=O)OCC1c2ccccc2-c2ccccc21)(C(=O)NCCC(=O)O)C1CC1. The van der Waals surface area contributed by atoms with Crippen LogP contribution in [-0.4, -0.2) is 41.8 Å². The van der Waals surface area contributed by atoms with Gasteiger partial charge in [0, 0.05) is 12.5 Å². The van der Waals surface area contributed by atoms with Crippen LogP contribution in [0.5, 0.6) is 0 Å². The molecular weight excluding hydrogens is 396 g/mol. The highest BCUT2D eigenvalue weighted by atomic mass is 16.5. The summed E-state index contributed by atoms with van der Waals surface area (Å²) in [6.07, 6.45) is 0.834. The summed E-state index contributed by atoms with van der Waals surface area (Å²) in [7, 11) is 0. The topological polar surface area (TPSA) is 105 Å². The van der Waals surface area contributed by atoms with E-state index in [0.29, 0.717) is 0 Å². The maximum Gasteiger partial charge on any atom is 0.408 e. The lowest BCUT2D eigenvalue weighted by molar-refractivity contribution is -0.137. The van der Waals surface area contributed by atoms with Gasteiger partial charge in [-0.1, -0.05) is 48.5 Å². The van der Waals surface area contributed by atoms with Gasteiger partial charge in [-0.3, -0.25) is 9.59 Å². The highest BCUT2D eigenvalue weighted by Crippen LogP contribution is 2.44. The Balaban J connectivity index is 1.41. The second-order valence-electron chi connectivity index (χ2n) is 8.33. The van der Waals surface area contributed by atoms with Crippen LogP contribution in [0.4, 0.5) is 4.79 Å². The molecule has 7 nitrogen and oxygen atoms in total. The van der Waals surface area contributed by atoms with Crippen molar-refractivity contribution in [2.75, 3.05) is 13.2 Å². The third kappa shape index (κ3) is 4.26. The molecule has 1 unspecified atom stereocenters. The highest BCUT2D eigenvalue weighted by molar-refractivity contribution is 5.90. The summed E-state index contributed by atoms with van der Waals surface area (Å²) in [4.78, 5) is 36.0. The van der Waals surface area contributed by atoms with Crippen LogP contribution in [0.2, 0.25) is 0 Å². The van der Waals surface area contributed by atoms with Gasteiger partial charge in [0.2, 0.25) is 5.91 Å². The molecule has 4 rings (SSSR count). The van der Waals surface area contributed by atoms with Crippen molar-refractivity contribution < 1.29 is 24.2 Å². The molecule has 2 aliphatic carbocycles. The molecule has 0 heterocycles. The molecule has 0 spiro atoms. The molecule has 0 radical (unpaired) electrons. The summed E-state index contributed by atoms with van der Waals surface area (Å²) in [5.41, 5.74) is 3.40. The number of nitrogens with one attached hydrogen (secondary N) is 2. The number of alkyl carbamates (subject to hydrolysis) is 1. The molecule has 162 valence electrons. The number of hydrogen-bond donors (Lipinski definition) is 3. The minimum atomic E-state index is -1.12. The fourth-order valence-corrected chi connectivity index (χ4v) is 4.32. The molecule has 0 aromatic heterocycles. The Morgan fingerprint density at radius 2 is 1.61 bits per heavy atom. The van der Waals surface area contributed by atoms with Gasteiger partial charge < -0.3 is 20.5 Å². The summed E-state index contributed by atoms with van der Waals surface area (Å²) < 4.78 is 5.58. The van der Waals surface area contributed by atoms with E-state index in [1.54, 1.807) is 6.92 Å². The fourth-order valence-electron chi connectivity index (χ4n) is 4.32. The van der Waals surface area contributed by atoms with Gasteiger partial charge in [-0.15, -0.1) is 0 Å². The zero-order chi connectivity index (χ0) is 22.0. The van der Waals surface area contributed by atoms with E-state index >= 15 is 0 Å². The predicted octanol–water partition coefficient (Wildman–Crippen LogP) is 3.28. The second kappa shape index (κ2) is 8.41. The smallest absolute Gasteiger partial charge is 0.408 e. The summed E-state index contributed by atoms with van der Waals surface area (Å²) in [5.74, 6) is -1.42. The van der Waals surface area contributed by atoms with Gasteiger partial charge >= 0.3 is 12.1 Å². The monoisotopic (exact) mass is 422 g/mol. The molecule has 0 saturated heterocycles. The maximum absolute atomic E-state index is 12.7. The van der Waals surface area contributed by atoms with Gasteiger partial charge in [0.1, 0.15) is 12.1 Å². The number of ether oxygens (including phenoxy) is 1. The number of carbonyl (C=O) groups is 3. The first-order valence-corrected chi connectivity index (χ1v) is 10.5. The van der Waals surface area contributed by atoms with Crippen LogP contribution >= 0.6 is 0 Å². The van der Waals surface area contributed by atoms with Crippen LogP contribution in [0.25, 0.3) is 11.1 Å². The number of rotatable bonds is 8. The minimum Gasteiger partial charge on any atom is -0.481 e. The molecule has 2 aromatic rings. The third-order valence-electron chi connectivity index (χ3n) is 6.20. The lowest BCUT2D eigenvalue weighted by Crippen LogP contribution is -2.58. The van der Waals surface area contributed by atoms with E-state index < -0.39 is 17.6 Å². The molecule has 1 fully saturated rings. The fraction of sp³-hybridized carbons (Fsp3) is 0.375. The van der Waals surface area contributed by atoms with E-state index in [2.05, 4.69) is 22.8 Å². The van der Waals surface area contributed by atoms with Crippen LogP contribution in [0, 0.1) is 5.92 Å². The Bertz CT molecular complexity index is 971. The third-order valence-corrected chi connectivity index (χ3v) is 6.20. The van der Waals surface area contributed by atoms with Crippen LogP contribution in [0.1, 0.15) is 43.2 Å². The number of amides is 2. The molecule has 2 aliphatic rings. The second-order valence-corrected chi connectivity index (χ2v) is 8.33. The zero-order valence-corrected chi connectivity index (χ0v) is 17.4. The van der Waals surface area contributed by atoms with Gasteiger partial charge in [-0.25, -0.2) is 4.79 Å². The Morgan fingerprint density at radius 1 is 1.03 bits per heavy atom. The van der Waals surface area contributed by atoms with Crippen molar-refractivity contribution in [1.29, 1.82) is 0 Å². The molecule has 3 N–H and O–H groups in total. The Kier molecular flexibility index (Phi) is 5.67. The quantitative estimate of drug-likeness (QED) is 0.606. The number of carboxylic acids is 1. The number of fused-ring (bicyclic) bond motifs is 3. The van der Waals surface area contributed by atoms with Crippen LogP contribution in [0.3, 0.4) is 0 Å². The summed E-state index contributed by atoms with van der Waals surface area (Å²) in [6.45, 7) is 1.85. The van der Waals surface area contributed by atoms with Crippen LogP contribution in [-0.2, 0) is 14.3 Å². The molecule has 0 aliphatic heterocycles. The van der Waals surface area contributed by atoms with Crippen LogP contribution in [0.15, 0.2) is 48.5 Å². The molecule has 1 atom stereocenters. The van der Waals surface area contributed by atoms with E-state index in [-0.39, 0.29) is 37.3 Å². The first kappa shape index (κ1) is 20.9. The van der Waals surface area contributed by atoms with Gasteiger partial charge in [0.25, 0.3) is 0 Å². The van der Waals surface area contributed by atoms with Gasteiger partial charge in [-0.05, 0) is 47.9 Å². The van der Waals surface area contributed by atoms with Crippen molar-refractivity contribution in [3.05, 3.63) is 59.7 Å². The maximum atomic E-state index is 12.7. The lowest BCUT2D eigenvalue weighted by Gasteiger charge is -2.29. The van der Waals surface area contributed by atoms with Crippen molar-refractivity contribution in [3.8, 4) is 11.1 Å². The van der Waals surface area contributed by atoms with Crippen molar-refractivity contribution in [2.45, 2.75) is 37.6 Å². The zero-order valence-electron chi connectivity index (χ0n) is 17.4. The molecular formula is C24H26N2O5. The van der Waals surface area contributed by atoms with E-state index in [1.165, 1.54) is 0 Å².